The number of hydrogen-bond donors (Lipinski definition) is 1. The van der Waals surface area contributed by atoms with Crippen molar-refractivity contribution in [3.8, 4) is 5.75 Å². The highest BCUT2D eigenvalue weighted by atomic mass is 32.1. The van der Waals surface area contributed by atoms with Crippen LogP contribution in [0.5, 0.6) is 5.75 Å². The zero-order valence-corrected chi connectivity index (χ0v) is 10.6. The third-order valence-corrected chi connectivity index (χ3v) is 3.09. The van der Waals surface area contributed by atoms with Gasteiger partial charge >= 0.3 is 5.97 Å². The van der Waals surface area contributed by atoms with Crippen molar-refractivity contribution >= 4 is 23.0 Å². The Labute approximate surface area is 108 Å². The van der Waals surface area contributed by atoms with E-state index < -0.39 is 5.97 Å². The van der Waals surface area contributed by atoms with Crippen molar-refractivity contribution in [2.45, 2.75) is 6.61 Å². The summed E-state index contributed by atoms with van der Waals surface area (Å²) in [5.41, 5.74) is 8.08. The van der Waals surface area contributed by atoms with Crippen molar-refractivity contribution in [1.29, 1.82) is 0 Å². The van der Waals surface area contributed by atoms with Crippen molar-refractivity contribution in [3.63, 3.8) is 0 Å². The molecule has 0 aliphatic rings. The van der Waals surface area contributed by atoms with Gasteiger partial charge in [0.25, 0.3) is 0 Å². The number of hydrogen-bond acceptors (Lipinski definition) is 6. The van der Waals surface area contributed by atoms with Gasteiger partial charge in [-0.15, -0.1) is 11.3 Å². The smallest absolute Gasteiger partial charge is 0.340 e. The molecule has 0 unspecified atom stereocenters. The lowest BCUT2D eigenvalue weighted by atomic mass is 10.1. The topological polar surface area (TPSA) is 74.4 Å². The highest BCUT2D eigenvalue weighted by Gasteiger charge is 2.14. The quantitative estimate of drug-likeness (QED) is 0.676. The van der Waals surface area contributed by atoms with Gasteiger partial charge in [-0.1, -0.05) is 6.07 Å². The van der Waals surface area contributed by atoms with E-state index in [0.717, 1.165) is 4.88 Å². The molecule has 5 nitrogen and oxygen atoms in total. The summed E-state index contributed by atoms with van der Waals surface area (Å²) in [6.45, 7) is 0.195. The lowest BCUT2D eigenvalue weighted by molar-refractivity contribution is 0.0477. The van der Waals surface area contributed by atoms with Crippen LogP contribution in [0, 0.1) is 0 Å². The van der Waals surface area contributed by atoms with Crippen molar-refractivity contribution in [3.05, 3.63) is 40.3 Å². The molecule has 18 heavy (non-hydrogen) atoms. The van der Waals surface area contributed by atoms with Gasteiger partial charge in [-0.05, 0) is 12.1 Å². The van der Waals surface area contributed by atoms with E-state index in [9.17, 15) is 4.79 Å². The van der Waals surface area contributed by atoms with Crippen LogP contribution >= 0.6 is 11.3 Å². The summed E-state index contributed by atoms with van der Waals surface area (Å²) < 4.78 is 10.2. The van der Waals surface area contributed by atoms with E-state index in [1.165, 1.54) is 18.4 Å². The molecule has 2 N–H and O–H groups in total. The van der Waals surface area contributed by atoms with Crippen LogP contribution in [0.15, 0.2) is 29.9 Å². The van der Waals surface area contributed by atoms with Crippen LogP contribution in [0.25, 0.3) is 0 Å². The van der Waals surface area contributed by atoms with Gasteiger partial charge in [0.15, 0.2) is 0 Å². The molecule has 1 aromatic carbocycles. The van der Waals surface area contributed by atoms with Gasteiger partial charge in [-0.25, -0.2) is 4.79 Å². The highest BCUT2D eigenvalue weighted by molar-refractivity contribution is 7.09. The summed E-state index contributed by atoms with van der Waals surface area (Å²) >= 11 is 1.43. The third-order valence-electron chi connectivity index (χ3n) is 2.33. The molecule has 0 aliphatic carbocycles. The van der Waals surface area contributed by atoms with Crippen molar-refractivity contribution < 1.29 is 14.3 Å². The van der Waals surface area contributed by atoms with Crippen LogP contribution in [-0.2, 0) is 11.3 Å². The van der Waals surface area contributed by atoms with Crippen LogP contribution in [0.3, 0.4) is 0 Å². The van der Waals surface area contributed by atoms with Gasteiger partial charge < -0.3 is 15.2 Å². The fourth-order valence-corrected chi connectivity index (χ4v) is 1.93. The minimum absolute atomic E-state index is 0.195. The van der Waals surface area contributed by atoms with Crippen molar-refractivity contribution in [2.24, 2.45) is 0 Å². The number of benzene rings is 1. The van der Waals surface area contributed by atoms with E-state index in [2.05, 4.69) is 4.98 Å². The molecule has 0 fully saturated rings. The van der Waals surface area contributed by atoms with Gasteiger partial charge in [0, 0.05) is 6.20 Å². The Balaban J connectivity index is 2.09. The number of carbonyl (C=O) groups is 1. The summed E-state index contributed by atoms with van der Waals surface area (Å²) in [5.74, 6) is -0.0120. The number of methoxy groups -OCH3 is 1. The predicted octanol–water partition coefficient (Wildman–Crippen LogP) is 2.09. The van der Waals surface area contributed by atoms with Gasteiger partial charge in [-0.3, -0.25) is 4.98 Å². The van der Waals surface area contributed by atoms with E-state index in [4.69, 9.17) is 15.2 Å². The molecule has 0 saturated carbocycles. The number of anilines is 1. The fourth-order valence-electron chi connectivity index (χ4n) is 1.43. The maximum Gasteiger partial charge on any atom is 0.340 e. The SMILES string of the molecule is COc1cccc(C(=O)OCc2cncs2)c1N. The summed E-state index contributed by atoms with van der Waals surface area (Å²) in [7, 11) is 1.50. The number of carbonyl (C=O) groups excluding carboxylic acids is 1. The maximum absolute atomic E-state index is 11.9. The number of para-hydroxylation sites is 1. The summed E-state index contributed by atoms with van der Waals surface area (Å²) in [4.78, 5) is 16.6. The zero-order valence-electron chi connectivity index (χ0n) is 9.75. The molecular weight excluding hydrogens is 252 g/mol. The molecule has 1 heterocycles. The largest absolute Gasteiger partial charge is 0.495 e. The molecule has 6 heteroatoms. The average molecular weight is 264 g/mol. The molecule has 0 saturated heterocycles. The molecule has 94 valence electrons. The molecule has 0 bridgehead atoms. The molecule has 0 aliphatic heterocycles. The van der Waals surface area contributed by atoms with E-state index in [1.807, 2.05) is 0 Å². The third kappa shape index (κ3) is 2.60. The van der Waals surface area contributed by atoms with Crippen LogP contribution in [0.2, 0.25) is 0 Å². The van der Waals surface area contributed by atoms with Crippen LogP contribution in [0.4, 0.5) is 5.69 Å². The molecule has 2 rings (SSSR count). The van der Waals surface area contributed by atoms with E-state index in [1.54, 1.807) is 29.9 Å². The van der Waals surface area contributed by atoms with Crippen LogP contribution in [-0.4, -0.2) is 18.1 Å². The second kappa shape index (κ2) is 5.50. The summed E-state index contributed by atoms with van der Waals surface area (Å²) in [6, 6.07) is 4.99. The van der Waals surface area contributed by atoms with Crippen LogP contribution in [0.1, 0.15) is 15.2 Å². The normalized spacial score (nSPS) is 10.1. The number of aromatic nitrogens is 1. The highest BCUT2D eigenvalue weighted by Crippen LogP contribution is 2.25. The first kappa shape index (κ1) is 12.4. The summed E-state index contributed by atoms with van der Waals surface area (Å²) in [5, 5.41) is 0. The number of nitrogen functional groups attached to an aromatic ring is 1. The Morgan fingerprint density at radius 3 is 3.00 bits per heavy atom. The van der Waals surface area contributed by atoms with Gasteiger partial charge in [-0.2, -0.15) is 0 Å². The number of nitrogens with zero attached hydrogens (tertiary/aromatic N) is 1. The number of nitrogens with two attached hydrogens (primary N) is 1. The summed E-state index contributed by atoms with van der Waals surface area (Å²) in [6.07, 6.45) is 1.66. The first-order chi connectivity index (χ1) is 8.72. The number of thiazole rings is 1. The first-order valence-corrected chi connectivity index (χ1v) is 6.07. The Kier molecular flexibility index (Phi) is 3.78. The Morgan fingerprint density at radius 2 is 2.33 bits per heavy atom. The minimum Gasteiger partial charge on any atom is -0.495 e. The number of ether oxygens (including phenoxy) is 2. The molecule has 1 aromatic heterocycles. The standard InChI is InChI=1S/C12H12N2O3S/c1-16-10-4-2-3-9(11(10)13)12(15)17-6-8-5-14-7-18-8/h2-5,7H,6,13H2,1H3. The fraction of sp³-hybridized carbons (Fsp3) is 0.167. The Morgan fingerprint density at radius 1 is 1.50 bits per heavy atom. The molecular formula is C12H12N2O3S. The first-order valence-electron chi connectivity index (χ1n) is 5.19. The lowest BCUT2D eigenvalue weighted by Crippen LogP contribution is -2.08. The Bertz CT molecular complexity index is 540. The molecule has 0 atom stereocenters. The monoisotopic (exact) mass is 264 g/mol. The number of rotatable bonds is 4. The number of esters is 1. The van der Waals surface area contributed by atoms with Gasteiger partial charge in [0.05, 0.1) is 28.7 Å². The van der Waals surface area contributed by atoms with Crippen molar-refractivity contribution in [2.75, 3.05) is 12.8 Å². The van der Waals surface area contributed by atoms with Gasteiger partial charge in [0.2, 0.25) is 0 Å². The van der Waals surface area contributed by atoms with Gasteiger partial charge in [0.1, 0.15) is 12.4 Å². The predicted molar refractivity (Wildman–Crippen MR) is 68.6 cm³/mol. The average Bonchev–Trinajstić information content (AvgIpc) is 2.89. The molecule has 0 amide bonds. The van der Waals surface area contributed by atoms with E-state index in [0.29, 0.717) is 11.3 Å². The second-order valence-electron chi connectivity index (χ2n) is 3.47. The molecule has 2 aromatic rings. The Hall–Kier alpha value is -2.08. The van der Waals surface area contributed by atoms with E-state index in [-0.39, 0.29) is 12.3 Å². The lowest BCUT2D eigenvalue weighted by Gasteiger charge is -2.09. The van der Waals surface area contributed by atoms with E-state index >= 15 is 0 Å². The maximum atomic E-state index is 11.9. The molecule has 0 spiro atoms. The zero-order chi connectivity index (χ0) is 13.0. The van der Waals surface area contributed by atoms with Crippen molar-refractivity contribution in [1.82, 2.24) is 4.98 Å². The minimum atomic E-state index is -0.472. The van der Waals surface area contributed by atoms with Crippen LogP contribution < -0.4 is 10.5 Å². The second-order valence-corrected chi connectivity index (χ2v) is 4.44. The molecule has 0 radical (unpaired) electrons.